The van der Waals surface area contributed by atoms with Crippen LogP contribution in [0.4, 0.5) is 5.69 Å². The summed E-state index contributed by atoms with van der Waals surface area (Å²) in [6.45, 7) is 1.10. The Bertz CT molecular complexity index is 684. The average molecular weight is 356 g/mol. The number of methoxy groups -OCH3 is 2. The molecule has 134 valence electrons. The lowest BCUT2D eigenvalue weighted by Gasteiger charge is -2.30. The molecule has 0 aliphatic carbocycles. The van der Waals surface area contributed by atoms with Crippen molar-refractivity contribution in [1.82, 2.24) is 4.90 Å². The van der Waals surface area contributed by atoms with E-state index in [1.54, 1.807) is 23.1 Å². The molecule has 1 amide bonds. The average Bonchev–Trinajstić information content (AvgIpc) is 2.58. The second-order valence-electron chi connectivity index (χ2n) is 5.75. The number of likely N-dealkylation sites (tertiary alicyclic amines) is 1. The molecule has 0 saturated carbocycles. The fraction of sp³-hybridized carbons (Fsp3) is 0.562. The summed E-state index contributed by atoms with van der Waals surface area (Å²) < 4.78 is 36.1. The van der Waals surface area contributed by atoms with Gasteiger partial charge in [0, 0.05) is 19.2 Å². The molecule has 1 heterocycles. The quantitative estimate of drug-likeness (QED) is 0.772. The number of hydrogen-bond donors (Lipinski definition) is 0. The summed E-state index contributed by atoms with van der Waals surface area (Å²) in [6, 6.07) is 4.86. The van der Waals surface area contributed by atoms with Crippen molar-refractivity contribution in [2.45, 2.75) is 19.3 Å². The van der Waals surface area contributed by atoms with Crippen molar-refractivity contribution >= 4 is 21.6 Å². The Hall–Kier alpha value is -1.96. The Labute approximate surface area is 143 Å². The normalized spacial score (nSPS) is 15.0. The number of carbonyl (C=O) groups is 1. The van der Waals surface area contributed by atoms with Crippen LogP contribution in [-0.2, 0) is 14.8 Å². The van der Waals surface area contributed by atoms with Crippen molar-refractivity contribution in [3.8, 4) is 11.5 Å². The number of anilines is 1. The van der Waals surface area contributed by atoms with Gasteiger partial charge in [-0.15, -0.1) is 0 Å². The molecular formula is C16H24N2O5S. The van der Waals surface area contributed by atoms with Crippen molar-refractivity contribution in [3.05, 3.63) is 18.2 Å². The molecule has 1 aromatic rings. The van der Waals surface area contributed by atoms with Gasteiger partial charge in [0.2, 0.25) is 15.9 Å². The van der Waals surface area contributed by atoms with Gasteiger partial charge in [-0.3, -0.25) is 9.10 Å². The molecule has 1 aromatic carbocycles. The minimum Gasteiger partial charge on any atom is -0.497 e. The van der Waals surface area contributed by atoms with Gasteiger partial charge in [0.1, 0.15) is 18.0 Å². The Kier molecular flexibility index (Phi) is 5.93. The molecule has 8 heteroatoms. The molecule has 0 radical (unpaired) electrons. The van der Waals surface area contributed by atoms with E-state index >= 15 is 0 Å². The summed E-state index contributed by atoms with van der Waals surface area (Å²) >= 11 is 0. The number of rotatable bonds is 6. The minimum absolute atomic E-state index is 0.204. The van der Waals surface area contributed by atoms with Crippen LogP contribution in [0.25, 0.3) is 0 Å². The minimum atomic E-state index is -3.66. The number of sulfonamides is 1. The zero-order valence-electron chi connectivity index (χ0n) is 14.3. The van der Waals surface area contributed by atoms with E-state index in [1.165, 1.54) is 14.2 Å². The fourth-order valence-electron chi connectivity index (χ4n) is 2.74. The van der Waals surface area contributed by atoms with Gasteiger partial charge in [0.25, 0.3) is 0 Å². The van der Waals surface area contributed by atoms with Crippen molar-refractivity contribution in [2.24, 2.45) is 0 Å². The highest BCUT2D eigenvalue weighted by molar-refractivity contribution is 7.92. The predicted octanol–water partition coefficient (Wildman–Crippen LogP) is 1.48. The van der Waals surface area contributed by atoms with E-state index in [9.17, 15) is 13.2 Å². The number of carbonyl (C=O) groups excluding carboxylic acids is 1. The monoisotopic (exact) mass is 356 g/mol. The molecule has 0 unspecified atom stereocenters. The van der Waals surface area contributed by atoms with Crippen LogP contribution in [0, 0.1) is 0 Å². The SMILES string of the molecule is COc1ccc(OC)c(N(CC(=O)N2CCCCC2)S(C)(=O)=O)c1. The van der Waals surface area contributed by atoms with Crippen molar-refractivity contribution in [2.75, 3.05) is 44.4 Å². The van der Waals surface area contributed by atoms with Crippen LogP contribution < -0.4 is 13.8 Å². The molecule has 1 fully saturated rings. The van der Waals surface area contributed by atoms with Crippen molar-refractivity contribution in [1.29, 1.82) is 0 Å². The Morgan fingerprint density at radius 2 is 1.83 bits per heavy atom. The highest BCUT2D eigenvalue weighted by Gasteiger charge is 2.27. The fourth-order valence-corrected chi connectivity index (χ4v) is 3.58. The van der Waals surface area contributed by atoms with Crippen LogP contribution in [0.15, 0.2) is 18.2 Å². The molecule has 0 spiro atoms. The van der Waals surface area contributed by atoms with Gasteiger partial charge in [-0.2, -0.15) is 0 Å². The molecule has 24 heavy (non-hydrogen) atoms. The maximum Gasteiger partial charge on any atom is 0.243 e. The van der Waals surface area contributed by atoms with E-state index in [2.05, 4.69) is 0 Å². The molecular weight excluding hydrogens is 332 g/mol. The molecule has 0 N–H and O–H groups in total. The van der Waals surface area contributed by atoms with E-state index in [0.717, 1.165) is 29.8 Å². The molecule has 1 saturated heterocycles. The Morgan fingerprint density at radius 1 is 1.17 bits per heavy atom. The van der Waals surface area contributed by atoms with E-state index in [0.29, 0.717) is 30.3 Å². The molecule has 1 aliphatic heterocycles. The van der Waals surface area contributed by atoms with Crippen LogP contribution in [-0.4, -0.2) is 59.3 Å². The molecule has 1 aliphatic rings. The number of nitrogens with zero attached hydrogens (tertiary/aromatic N) is 2. The van der Waals surface area contributed by atoms with E-state index < -0.39 is 10.0 Å². The summed E-state index contributed by atoms with van der Waals surface area (Å²) in [5.41, 5.74) is 0.296. The molecule has 0 bridgehead atoms. The Morgan fingerprint density at radius 3 is 2.38 bits per heavy atom. The number of piperidine rings is 1. The van der Waals surface area contributed by atoms with E-state index in [4.69, 9.17) is 9.47 Å². The first-order chi connectivity index (χ1) is 11.4. The number of benzene rings is 1. The smallest absolute Gasteiger partial charge is 0.243 e. The van der Waals surface area contributed by atoms with E-state index in [1.807, 2.05) is 0 Å². The molecule has 7 nitrogen and oxygen atoms in total. The molecule has 0 aromatic heterocycles. The van der Waals surface area contributed by atoms with Gasteiger partial charge in [-0.1, -0.05) is 0 Å². The van der Waals surface area contributed by atoms with Crippen LogP contribution in [0.2, 0.25) is 0 Å². The van der Waals surface area contributed by atoms with Crippen LogP contribution in [0.5, 0.6) is 11.5 Å². The number of hydrogen-bond acceptors (Lipinski definition) is 5. The second kappa shape index (κ2) is 7.74. The molecule has 0 atom stereocenters. The lowest BCUT2D eigenvalue weighted by atomic mass is 10.1. The van der Waals surface area contributed by atoms with Crippen LogP contribution in [0.3, 0.4) is 0 Å². The van der Waals surface area contributed by atoms with Crippen molar-refractivity contribution < 1.29 is 22.7 Å². The summed E-state index contributed by atoms with van der Waals surface area (Å²) in [6.07, 6.45) is 4.08. The van der Waals surface area contributed by atoms with Gasteiger partial charge in [0.15, 0.2) is 0 Å². The zero-order valence-corrected chi connectivity index (χ0v) is 15.1. The third-order valence-corrected chi connectivity index (χ3v) is 5.17. The Balaban J connectivity index is 2.34. The first kappa shape index (κ1) is 18.4. The van der Waals surface area contributed by atoms with Gasteiger partial charge in [-0.05, 0) is 31.4 Å². The topological polar surface area (TPSA) is 76.2 Å². The maximum absolute atomic E-state index is 12.5. The standard InChI is InChI=1S/C16H24N2O5S/c1-22-13-7-8-15(23-2)14(11-13)18(24(3,20)21)12-16(19)17-9-5-4-6-10-17/h7-8,11H,4-6,9-10,12H2,1-3H3. The predicted molar refractivity (Wildman–Crippen MR) is 92.2 cm³/mol. The van der Waals surface area contributed by atoms with Gasteiger partial charge < -0.3 is 14.4 Å². The number of amides is 1. The summed E-state index contributed by atoms with van der Waals surface area (Å²) in [7, 11) is -0.707. The largest absolute Gasteiger partial charge is 0.497 e. The summed E-state index contributed by atoms with van der Waals surface area (Å²) in [5.74, 6) is 0.655. The first-order valence-electron chi connectivity index (χ1n) is 7.84. The van der Waals surface area contributed by atoms with Gasteiger partial charge in [0.05, 0.1) is 26.2 Å². The maximum atomic E-state index is 12.5. The van der Waals surface area contributed by atoms with Gasteiger partial charge in [-0.25, -0.2) is 8.42 Å². The second-order valence-corrected chi connectivity index (χ2v) is 7.66. The molecule has 2 rings (SSSR count). The van der Waals surface area contributed by atoms with E-state index in [-0.39, 0.29) is 12.5 Å². The summed E-state index contributed by atoms with van der Waals surface area (Å²) in [4.78, 5) is 14.2. The first-order valence-corrected chi connectivity index (χ1v) is 9.69. The number of ether oxygens (including phenoxy) is 2. The summed E-state index contributed by atoms with van der Waals surface area (Å²) in [5, 5.41) is 0. The van der Waals surface area contributed by atoms with Gasteiger partial charge >= 0.3 is 0 Å². The third-order valence-electron chi connectivity index (χ3n) is 4.04. The highest BCUT2D eigenvalue weighted by Crippen LogP contribution is 2.33. The van der Waals surface area contributed by atoms with Crippen LogP contribution >= 0.6 is 0 Å². The van der Waals surface area contributed by atoms with Crippen molar-refractivity contribution in [3.63, 3.8) is 0 Å². The third kappa shape index (κ3) is 4.31. The van der Waals surface area contributed by atoms with Crippen LogP contribution in [0.1, 0.15) is 19.3 Å². The highest BCUT2D eigenvalue weighted by atomic mass is 32.2. The zero-order chi connectivity index (χ0) is 17.7. The lowest BCUT2D eigenvalue weighted by molar-refractivity contribution is -0.130. The lowest BCUT2D eigenvalue weighted by Crippen LogP contribution is -2.44.